The Kier molecular flexibility index (Phi) is 6.60. The average molecular weight is 475 g/mol. The molecule has 9 nitrogen and oxygen atoms in total. The standard InChI is InChI=1S/C23H30N4O5S/c1-16-4-8-21(26-12-10-25(2)11-13-26)20-14-17(5-7-19(16)20)24-33(30,31)23-9-6-18(32-3)15-22(23)27(28)29/h4,6,8-9,15,17,24H,5,7,10-14H2,1-3H3/t17-/m1/s1. The third kappa shape index (κ3) is 4.83. The lowest BCUT2D eigenvalue weighted by Crippen LogP contribution is -2.45. The van der Waals surface area contributed by atoms with Crippen LogP contribution in [0.25, 0.3) is 0 Å². The molecule has 1 heterocycles. The second kappa shape index (κ2) is 9.28. The number of methoxy groups -OCH3 is 1. The molecule has 10 heteroatoms. The highest BCUT2D eigenvalue weighted by atomic mass is 32.2. The van der Waals surface area contributed by atoms with Crippen LogP contribution in [0.5, 0.6) is 5.75 Å². The van der Waals surface area contributed by atoms with Crippen molar-refractivity contribution in [2.24, 2.45) is 0 Å². The zero-order valence-electron chi connectivity index (χ0n) is 19.2. The van der Waals surface area contributed by atoms with Gasteiger partial charge in [-0.15, -0.1) is 0 Å². The summed E-state index contributed by atoms with van der Waals surface area (Å²) in [4.78, 5) is 15.2. The van der Waals surface area contributed by atoms with Gasteiger partial charge < -0.3 is 14.5 Å². The van der Waals surface area contributed by atoms with E-state index in [2.05, 4.69) is 40.6 Å². The number of benzene rings is 2. The third-order valence-corrected chi connectivity index (χ3v) is 8.22. The van der Waals surface area contributed by atoms with Crippen molar-refractivity contribution in [1.29, 1.82) is 0 Å². The monoisotopic (exact) mass is 474 g/mol. The number of nitro groups is 1. The molecule has 0 aromatic heterocycles. The second-order valence-corrected chi connectivity index (χ2v) is 10.5. The van der Waals surface area contributed by atoms with Crippen LogP contribution < -0.4 is 14.4 Å². The lowest BCUT2D eigenvalue weighted by Gasteiger charge is -2.37. The van der Waals surface area contributed by atoms with E-state index in [1.54, 1.807) is 0 Å². The number of anilines is 1. The molecular weight excluding hydrogens is 444 g/mol. The van der Waals surface area contributed by atoms with Gasteiger partial charge in [0, 0.05) is 37.9 Å². The topological polar surface area (TPSA) is 105 Å². The highest BCUT2D eigenvalue weighted by molar-refractivity contribution is 7.89. The summed E-state index contributed by atoms with van der Waals surface area (Å²) in [6.45, 7) is 5.93. The quantitative estimate of drug-likeness (QED) is 0.507. The van der Waals surface area contributed by atoms with Crippen molar-refractivity contribution < 1.29 is 18.1 Å². The number of hydrogen-bond acceptors (Lipinski definition) is 7. The van der Waals surface area contributed by atoms with Crippen molar-refractivity contribution >= 4 is 21.4 Å². The van der Waals surface area contributed by atoms with E-state index in [0.717, 1.165) is 38.7 Å². The first-order valence-electron chi connectivity index (χ1n) is 11.1. The van der Waals surface area contributed by atoms with Crippen molar-refractivity contribution in [3.63, 3.8) is 0 Å². The van der Waals surface area contributed by atoms with Crippen molar-refractivity contribution in [3.8, 4) is 5.75 Å². The van der Waals surface area contributed by atoms with Crippen molar-refractivity contribution in [2.45, 2.75) is 37.1 Å². The van der Waals surface area contributed by atoms with Crippen LogP contribution in [-0.2, 0) is 22.9 Å². The summed E-state index contributed by atoms with van der Waals surface area (Å²) in [6.07, 6.45) is 1.96. The lowest BCUT2D eigenvalue weighted by atomic mass is 9.84. The molecular formula is C23H30N4O5S. The van der Waals surface area contributed by atoms with Gasteiger partial charge in [0.2, 0.25) is 10.0 Å². The number of nitro benzene ring substituents is 1. The predicted octanol–water partition coefficient (Wildman–Crippen LogP) is 2.50. The van der Waals surface area contributed by atoms with E-state index < -0.39 is 20.6 Å². The summed E-state index contributed by atoms with van der Waals surface area (Å²) in [6, 6.07) is 7.75. The Bertz CT molecular complexity index is 1160. The Morgan fingerprint density at radius 1 is 1.12 bits per heavy atom. The maximum absolute atomic E-state index is 13.2. The van der Waals surface area contributed by atoms with Crippen LogP contribution in [-0.4, -0.2) is 64.6 Å². The van der Waals surface area contributed by atoms with E-state index in [4.69, 9.17) is 4.74 Å². The molecule has 0 bridgehead atoms. The molecule has 0 amide bonds. The van der Waals surface area contributed by atoms with Gasteiger partial charge in [0.05, 0.1) is 18.1 Å². The van der Waals surface area contributed by atoms with Crippen LogP contribution in [0.15, 0.2) is 35.2 Å². The zero-order valence-corrected chi connectivity index (χ0v) is 20.0. The highest BCUT2D eigenvalue weighted by Gasteiger charge is 2.32. The molecule has 33 heavy (non-hydrogen) atoms. The summed E-state index contributed by atoms with van der Waals surface area (Å²) in [5.41, 5.74) is 4.37. The van der Waals surface area contributed by atoms with Crippen LogP contribution in [0.1, 0.15) is 23.1 Å². The maximum Gasteiger partial charge on any atom is 0.293 e. The van der Waals surface area contributed by atoms with Gasteiger partial charge in [-0.1, -0.05) is 6.07 Å². The Hall–Kier alpha value is -2.69. The number of piperazine rings is 1. The van der Waals surface area contributed by atoms with E-state index in [1.807, 2.05) is 0 Å². The number of sulfonamides is 1. The molecule has 0 saturated carbocycles. The fourth-order valence-electron chi connectivity index (χ4n) is 4.76. The maximum atomic E-state index is 13.2. The molecule has 1 saturated heterocycles. The minimum absolute atomic E-state index is 0.236. The van der Waals surface area contributed by atoms with Crippen LogP contribution in [0.3, 0.4) is 0 Å². The molecule has 0 unspecified atom stereocenters. The lowest BCUT2D eigenvalue weighted by molar-refractivity contribution is -0.387. The van der Waals surface area contributed by atoms with Gasteiger partial charge >= 0.3 is 0 Å². The van der Waals surface area contributed by atoms with E-state index in [9.17, 15) is 18.5 Å². The molecule has 4 rings (SSSR count). The largest absolute Gasteiger partial charge is 0.497 e. The summed E-state index contributed by atoms with van der Waals surface area (Å²) >= 11 is 0. The SMILES string of the molecule is COc1ccc(S(=O)(=O)N[C@@H]2CCc3c(C)ccc(N4CCN(C)CC4)c3C2)c([N+](=O)[O-])c1. The number of hydrogen-bond donors (Lipinski definition) is 1. The molecule has 2 aromatic carbocycles. The Labute approximate surface area is 194 Å². The molecule has 2 aliphatic rings. The second-order valence-electron chi connectivity index (χ2n) is 8.80. The Morgan fingerprint density at radius 3 is 2.52 bits per heavy atom. The van der Waals surface area contributed by atoms with E-state index in [-0.39, 0.29) is 16.7 Å². The molecule has 0 spiro atoms. The van der Waals surface area contributed by atoms with Gasteiger partial charge in [-0.2, -0.15) is 0 Å². The number of aryl methyl sites for hydroxylation is 1. The molecule has 2 aromatic rings. The molecule has 1 fully saturated rings. The summed E-state index contributed by atoms with van der Waals surface area (Å²) < 4.78 is 34.1. The normalized spacial score (nSPS) is 19.2. The van der Waals surface area contributed by atoms with Gasteiger partial charge in [0.1, 0.15) is 5.75 Å². The van der Waals surface area contributed by atoms with E-state index in [0.29, 0.717) is 12.8 Å². The van der Waals surface area contributed by atoms with Crippen molar-refractivity contribution in [1.82, 2.24) is 9.62 Å². The van der Waals surface area contributed by atoms with E-state index >= 15 is 0 Å². The fourth-order valence-corrected chi connectivity index (χ4v) is 6.18. The first-order chi connectivity index (χ1) is 15.7. The van der Waals surface area contributed by atoms with Crippen LogP contribution in [0.4, 0.5) is 11.4 Å². The van der Waals surface area contributed by atoms with Gasteiger partial charge in [0.15, 0.2) is 4.90 Å². The molecule has 1 aliphatic carbocycles. The molecule has 0 radical (unpaired) electrons. The van der Waals surface area contributed by atoms with Gasteiger partial charge in [0.25, 0.3) is 5.69 Å². The number of ether oxygens (including phenoxy) is 1. The number of nitrogens with zero attached hydrogens (tertiary/aromatic N) is 3. The smallest absolute Gasteiger partial charge is 0.293 e. The number of fused-ring (bicyclic) bond motifs is 1. The van der Waals surface area contributed by atoms with Gasteiger partial charge in [-0.05, 0) is 68.1 Å². The van der Waals surface area contributed by atoms with Crippen molar-refractivity contribution in [3.05, 3.63) is 57.1 Å². The fraction of sp³-hybridized carbons (Fsp3) is 0.478. The van der Waals surface area contributed by atoms with Crippen LogP contribution in [0, 0.1) is 17.0 Å². The first-order valence-corrected chi connectivity index (χ1v) is 12.6. The third-order valence-electron chi connectivity index (χ3n) is 6.65. The number of nitrogens with one attached hydrogen (secondary N) is 1. The van der Waals surface area contributed by atoms with Crippen LogP contribution in [0.2, 0.25) is 0 Å². The summed E-state index contributed by atoms with van der Waals surface area (Å²) in [7, 11) is -0.590. The van der Waals surface area contributed by atoms with Crippen molar-refractivity contribution in [2.75, 3.05) is 45.2 Å². The Morgan fingerprint density at radius 2 is 1.85 bits per heavy atom. The summed E-state index contributed by atoms with van der Waals surface area (Å²) in [5, 5.41) is 11.5. The molecule has 1 N–H and O–H groups in total. The first kappa shape index (κ1) is 23.5. The van der Waals surface area contributed by atoms with E-state index in [1.165, 1.54) is 41.6 Å². The van der Waals surface area contributed by atoms with Gasteiger partial charge in [-0.25, -0.2) is 13.1 Å². The summed E-state index contributed by atoms with van der Waals surface area (Å²) in [5.74, 6) is 0.236. The Balaban J connectivity index is 1.61. The number of likely N-dealkylation sites (N-methyl/N-ethyl adjacent to an activating group) is 1. The minimum atomic E-state index is -4.09. The van der Waals surface area contributed by atoms with Gasteiger partial charge in [-0.3, -0.25) is 10.1 Å². The molecule has 1 aliphatic heterocycles. The molecule has 1 atom stereocenters. The minimum Gasteiger partial charge on any atom is -0.497 e. The number of rotatable bonds is 6. The average Bonchev–Trinajstić information content (AvgIpc) is 2.79. The predicted molar refractivity (Wildman–Crippen MR) is 127 cm³/mol. The van der Waals surface area contributed by atoms with Crippen LogP contribution >= 0.6 is 0 Å². The highest BCUT2D eigenvalue weighted by Crippen LogP contribution is 2.35. The zero-order chi connectivity index (χ0) is 23.8. The molecule has 178 valence electrons.